The number of benzene rings is 3. The Kier molecular flexibility index (Phi) is 5.90. The number of imide groups is 1. The smallest absolute Gasteiger partial charge is 0.260 e. The SMILES string of the molecule is Cc1cccc(-c2ccc3c(c2)C(=CNc2ccc(N4CCN(C)CC4)cc2)C(=O)NC3=O)c1. The zero-order valence-electron chi connectivity index (χ0n) is 19.5. The summed E-state index contributed by atoms with van der Waals surface area (Å²) in [6.07, 6.45) is 1.69. The predicted molar refractivity (Wildman–Crippen MR) is 137 cm³/mol. The van der Waals surface area contributed by atoms with E-state index in [9.17, 15) is 9.59 Å². The molecular weight excluding hydrogens is 424 g/mol. The van der Waals surface area contributed by atoms with Gasteiger partial charge in [-0.25, -0.2) is 0 Å². The van der Waals surface area contributed by atoms with E-state index in [-0.39, 0.29) is 5.91 Å². The topological polar surface area (TPSA) is 64.7 Å². The summed E-state index contributed by atoms with van der Waals surface area (Å²) in [5, 5.41) is 5.69. The molecule has 0 unspecified atom stereocenters. The molecule has 0 radical (unpaired) electrons. The average molecular weight is 453 g/mol. The molecule has 0 aliphatic carbocycles. The Morgan fingerprint density at radius 1 is 0.824 bits per heavy atom. The van der Waals surface area contributed by atoms with Crippen molar-refractivity contribution in [1.82, 2.24) is 10.2 Å². The van der Waals surface area contributed by atoms with Crippen LogP contribution in [0.15, 0.2) is 72.9 Å². The van der Waals surface area contributed by atoms with Gasteiger partial charge in [0, 0.05) is 54.9 Å². The van der Waals surface area contributed by atoms with E-state index >= 15 is 0 Å². The van der Waals surface area contributed by atoms with E-state index in [1.807, 2.05) is 49.4 Å². The van der Waals surface area contributed by atoms with Crippen molar-refractivity contribution < 1.29 is 9.59 Å². The molecule has 6 heteroatoms. The summed E-state index contributed by atoms with van der Waals surface area (Å²) in [5.41, 5.74) is 6.81. The number of carbonyl (C=O) groups excluding carboxylic acids is 2. The Balaban J connectivity index is 1.41. The molecular formula is C28H28N4O2. The molecule has 2 N–H and O–H groups in total. The first-order valence-corrected chi connectivity index (χ1v) is 11.6. The zero-order chi connectivity index (χ0) is 23.7. The van der Waals surface area contributed by atoms with Crippen molar-refractivity contribution in [3.05, 3.63) is 89.6 Å². The van der Waals surface area contributed by atoms with Gasteiger partial charge in [0.2, 0.25) is 0 Å². The molecule has 3 aromatic carbocycles. The van der Waals surface area contributed by atoms with Gasteiger partial charge in [0.15, 0.2) is 0 Å². The van der Waals surface area contributed by atoms with Crippen LogP contribution in [-0.2, 0) is 4.79 Å². The summed E-state index contributed by atoms with van der Waals surface area (Å²) in [4.78, 5) is 29.9. The molecule has 172 valence electrons. The molecule has 0 saturated carbocycles. The van der Waals surface area contributed by atoms with E-state index in [0.29, 0.717) is 16.7 Å². The number of nitrogens with zero attached hydrogens (tertiary/aromatic N) is 2. The van der Waals surface area contributed by atoms with Crippen LogP contribution in [0.25, 0.3) is 16.7 Å². The lowest BCUT2D eigenvalue weighted by atomic mass is 9.91. The Bertz CT molecular complexity index is 1270. The van der Waals surface area contributed by atoms with Gasteiger partial charge in [-0.15, -0.1) is 0 Å². The monoisotopic (exact) mass is 452 g/mol. The minimum atomic E-state index is -0.402. The quantitative estimate of drug-likeness (QED) is 0.460. The van der Waals surface area contributed by atoms with Gasteiger partial charge >= 0.3 is 0 Å². The number of piperazine rings is 1. The lowest BCUT2D eigenvalue weighted by Gasteiger charge is -2.34. The van der Waals surface area contributed by atoms with Crippen molar-refractivity contribution in [2.45, 2.75) is 6.92 Å². The highest BCUT2D eigenvalue weighted by atomic mass is 16.2. The number of hydrogen-bond acceptors (Lipinski definition) is 5. The third-order valence-corrected chi connectivity index (χ3v) is 6.50. The van der Waals surface area contributed by atoms with Gasteiger partial charge in [-0.2, -0.15) is 0 Å². The first-order chi connectivity index (χ1) is 16.5. The second-order valence-corrected chi connectivity index (χ2v) is 8.95. The Morgan fingerprint density at radius 3 is 2.29 bits per heavy atom. The molecule has 1 fully saturated rings. The highest BCUT2D eigenvalue weighted by molar-refractivity contribution is 6.31. The fourth-order valence-corrected chi connectivity index (χ4v) is 4.46. The van der Waals surface area contributed by atoms with Crippen LogP contribution in [0, 0.1) is 6.92 Å². The van der Waals surface area contributed by atoms with Gasteiger partial charge in [0.25, 0.3) is 11.8 Å². The summed E-state index contributed by atoms with van der Waals surface area (Å²) in [6.45, 7) is 6.19. The lowest BCUT2D eigenvalue weighted by Crippen LogP contribution is -2.44. The minimum Gasteiger partial charge on any atom is -0.369 e. The number of carbonyl (C=O) groups is 2. The van der Waals surface area contributed by atoms with Crippen molar-refractivity contribution >= 4 is 28.8 Å². The maximum atomic E-state index is 12.7. The molecule has 2 aliphatic heterocycles. The Hall–Kier alpha value is -3.90. The van der Waals surface area contributed by atoms with E-state index in [4.69, 9.17) is 0 Å². The van der Waals surface area contributed by atoms with Crippen LogP contribution < -0.4 is 15.5 Å². The van der Waals surface area contributed by atoms with E-state index < -0.39 is 5.91 Å². The van der Waals surface area contributed by atoms with E-state index in [0.717, 1.165) is 48.6 Å². The van der Waals surface area contributed by atoms with Gasteiger partial charge in [-0.05, 0) is 61.5 Å². The van der Waals surface area contributed by atoms with Crippen molar-refractivity contribution in [3.63, 3.8) is 0 Å². The zero-order valence-corrected chi connectivity index (χ0v) is 19.5. The minimum absolute atomic E-state index is 0.371. The van der Waals surface area contributed by atoms with Gasteiger partial charge in [0.05, 0.1) is 5.57 Å². The van der Waals surface area contributed by atoms with Crippen LogP contribution in [0.2, 0.25) is 0 Å². The van der Waals surface area contributed by atoms with Crippen molar-refractivity contribution in [3.8, 4) is 11.1 Å². The van der Waals surface area contributed by atoms with Crippen molar-refractivity contribution in [2.24, 2.45) is 0 Å². The fraction of sp³-hybridized carbons (Fsp3) is 0.214. The normalized spacial score (nSPS) is 17.5. The van der Waals surface area contributed by atoms with E-state index in [2.05, 4.69) is 45.7 Å². The Labute approximate surface area is 199 Å². The maximum absolute atomic E-state index is 12.7. The molecule has 34 heavy (non-hydrogen) atoms. The first kappa shape index (κ1) is 21.9. The van der Waals surface area contributed by atoms with Crippen molar-refractivity contribution in [1.29, 1.82) is 0 Å². The first-order valence-electron chi connectivity index (χ1n) is 11.6. The third-order valence-electron chi connectivity index (χ3n) is 6.50. The summed E-state index contributed by atoms with van der Waals surface area (Å²) >= 11 is 0. The molecule has 0 aromatic heterocycles. The van der Waals surface area contributed by atoms with Crippen LogP contribution in [-0.4, -0.2) is 49.9 Å². The molecule has 3 aromatic rings. The Morgan fingerprint density at radius 2 is 1.56 bits per heavy atom. The van der Waals surface area contributed by atoms with E-state index in [1.54, 1.807) is 12.3 Å². The predicted octanol–water partition coefficient (Wildman–Crippen LogP) is 4.14. The fourth-order valence-electron chi connectivity index (χ4n) is 4.46. The highest BCUT2D eigenvalue weighted by Gasteiger charge is 2.27. The summed E-state index contributed by atoms with van der Waals surface area (Å²) < 4.78 is 0. The molecule has 0 bridgehead atoms. The number of anilines is 2. The molecule has 5 rings (SSSR count). The average Bonchev–Trinajstić information content (AvgIpc) is 2.84. The highest BCUT2D eigenvalue weighted by Crippen LogP contribution is 2.30. The lowest BCUT2D eigenvalue weighted by molar-refractivity contribution is -0.114. The molecule has 2 aliphatic rings. The summed E-state index contributed by atoms with van der Waals surface area (Å²) in [6, 6.07) is 22.0. The van der Waals surface area contributed by atoms with Crippen LogP contribution in [0.5, 0.6) is 0 Å². The maximum Gasteiger partial charge on any atom is 0.260 e. The van der Waals surface area contributed by atoms with Gasteiger partial charge in [-0.3, -0.25) is 14.9 Å². The number of nitrogens with one attached hydrogen (secondary N) is 2. The second kappa shape index (κ2) is 9.15. The van der Waals surface area contributed by atoms with Gasteiger partial charge in [0.1, 0.15) is 0 Å². The van der Waals surface area contributed by atoms with Gasteiger partial charge < -0.3 is 15.1 Å². The van der Waals surface area contributed by atoms with Crippen LogP contribution in [0.4, 0.5) is 11.4 Å². The molecule has 0 atom stereocenters. The molecule has 2 heterocycles. The second-order valence-electron chi connectivity index (χ2n) is 8.95. The molecule has 1 saturated heterocycles. The number of rotatable bonds is 4. The number of aryl methyl sites for hydroxylation is 1. The summed E-state index contributed by atoms with van der Waals surface area (Å²) in [5.74, 6) is -0.773. The third kappa shape index (κ3) is 4.45. The number of fused-ring (bicyclic) bond motifs is 1. The van der Waals surface area contributed by atoms with Crippen LogP contribution >= 0.6 is 0 Å². The molecule has 2 amide bonds. The number of hydrogen-bond donors (Lipinski definition) is 2. The summed E-state index contributed by atoms with van der Waals surface area (Å²) in [7, 11) is 2.15. The number of likely N-dealkylation sites (N-methyl/N-ethyl adjacent to an activating group) is 1. The van der Waals surface area contributed by atoms with Crippen LogP contribution in [0.1, 0.15) is 21.5 Å². The van der Waals surface area contributed by atoms with Crippen molar-refractivity contribution in [2.75, 3.05) is 43.4 Å². The van der Waals surface area contributed by atoms with Crippen LogP contribution in [0.3, 0.4) is 0 Å². The standard InChI is InChI=1S/C28H28N4O2/c1-19-4-3-5-20(16-19)21-6-11-24-25(17-21)26(28(34)30-27(24)33)18-29-22-7-9-23(10-8-22)32-14-12-31(2)13-15-32/h3-11,16-18,29H,12-15H2,1-2H3,(H,30,33,34). The molecule has 0 spiro atoms. The van der Waals surface area contributed by atoms with E-state index in [1.165, 1.54) is 5.69 Å². The number of amides is 2. The largest absolute Gasteiger partial charge is 0.369 e. The van der Waals surface area contributed by atoms with Gasteiger partial charge in [-0.1, -0.05) is 35.9 Å². The molecule has 6 nitrogen and oxygen atoms in total.